The van der Waals surface area contributed by atoms with Gasteiger partial charge in [-0.3, -0.25) is 9.79 Å². The van der Waals surface area contributed by atoms with Crippen molar-refractivity contribution < 1.29 is 27.1 Å². The number of esters is 1. The fraction of sp³-hybridized carbons (Fsp3) is 0.529. The van der Waals surface area contributed by atoms with Crippen LogP contribution in [0.5, 0.6) is 0 Å². The van der Waals surface area contributed by atoms with Gasteiger partial charge in [-0.05, 0) is 19.8 Å². The highest BCUT2D eigenvalue weighted by atomic mass is 19.2. The highest BCUT2D eigenvalue weighted by molar-refractivity contribution is 5.81. The van der Waals surface area contributed by atoms with Crippen LogP contribution >= 0.6 is 0 Å². The topological polar surface area (TPSA) is 53.9 Å². The molecule has 9 heteroatoms. The van der Waals surface area contributed by atoms with Gasteiger partial charge in [0.1, 0.15) is 0 Å². The molecule has 144 valence electrons. The Balaban J connectivity index is 2.08. The van der Waals surface area contributed by atoms with E-state index < -0.39 is 35.4 Å². The van der Waals surface area contributed by atoms with Gasteiger partial charge in [-0.15, -0.1) is 0 Å². The summed E-state index contributed by atoms with van der Waals surface area (Å²) in [4.78, 5) is 17.7. The molecular formula is C17H21F4N3O2. The molecule has 2 rings (SSSR count). The van der Waals surface area contributed by atoms with E-state index in [9.17, 15) is 22.4 Å². The SMILES string of the molecule is CCOC(=O)[C@H]1CCCN(C(=NC)NCc2c(F)c(F)cc(F)c2F)C1. The van der Waals surface area contributed by atoms with Crippen molar-refractivity contribution >= 4 is 11.9 Å². The number of halogens is 4. The predicted molar refractivity (Wildman–Crippen MR) is 87.4 cm³/mol. The van der Waals surface area contributed by atoms with E-state index >= 15 is 0 Å². The highest BCUT2D eigenvalue weighted by Gasteiger charge is 2.28. The van der Waals surface area contributed by atoms with Crippen LogP contribution in [0.25, 0.3) is 0 Å². The first-order valence-corrected chi connectivity index (χ1v) is 8.33. The summed E-state index contributed by atoms with van der Waals surface area (Å²) < 4.78 is 59.1. The smallest absolute Gasteiger partial charge is 0.310 e. The van der Waals surface area contributed by atoms with Crippen molar-refractivity contribution in [2.75, 3.05) is 26.7 Å². The minimum Gasteiger partial charge on any atom is -0.466 e. The zero-order valence-corrected chi connectivity index (χ0v) is 14.6. The molecule has 0 saturated carbocycles. The lowest BCUT2D eigenvalue weighted by Gasteiger charge is -2.34. The lowest BCUT2D eigenvalue weighted by atomic mass is 9.98. The monoisotopic (exact) mass is 375 g/mol. The summed E-state index contributed by atoms with van der Waals surface area (Å²) in [6.07, 6.45) is 1.38. The molecule has 0 amide bonds. The van der Waals surface area contributed by atoms with Crippen molar-refractivity contribution in [3.63, 3.8) is 0 Å². The van der Waals surface area contributed by atoms with Crippen molar-refractivity contribution in [1.29, 1.82) is 0 Å². The summed E-state index contributed by atoms with van der Waals surface area (Å²) in [5, 5.41) is 2.69. The zero-order chi connectivity index (χ0) is 19.3. The third kappa shape index (κ3) is 4.44. The fourth-order valence-electron chi connectivity index (χ4n) is 2.90. The summed E-state index contributed by atoms with van der Waals surface area (Å²) in [5.41, 5.74) is -0.748. The normalized spacial score (nSPS) is 18.0. The Labute approximate surface area is 149 Å². The van der Waals surface area contributed by atoms with E-state index in [1.807, 2.05) is 0 Å². The Morgan fingerprint density at radius 3 is 2.54 bits per heavy atom. The number of rotatable bonds is 4. The Morgan fingerprint density at radius 1 is 1.31 bits per heavy atom. The average molecular weight is 375 g/mol. The summed E-state index contributed by atoms with van der Waals surface area (Å²) in [6.45, 7) is 2.44. The number of piperidine rings is 1. The van der Waals surface area contributed by atoms with Gasteiger partial charge in [0.2, 0.25) is 0 Å². The van der Waals surface area contributed by atoms with Crippen molar-refractivity contribution in [2.45, 2.75) is 26.3 Å². The van der Waals surface area contributed by atoms with Crippen LogP contribution in [-0.2, 0) is 16.1 Å². The average Bonchev–Trinajstić information content (AvgIpc) is 2.63. The first kappa shape index (κ1) is 20.0. The number of carbonyl (C=O) groups excluding carboxylic acids is 1. The molecule has 1 aromatic carbocycles. The Bertz CT molecular complexity index is 671. The highest BCUT2D eigenvalue weighted by Crippen LogP contribution is 2.20. The number of benzene rings is 1. The number of guanidine groups is 1. The van der Waals surface area contributed by atoms with Gasteiger partial charge in [-0.1, -0.05) is 0 Å². The molecule has 0 aromatic heterocycles. The van der Waals surface area contributed by atoms with E-state index in [4.69, 9.17) is 4.74 Å². The maximum atomic E-state index is 13.8. The number of ether oxygens (including phenoxy) is 1. The van der Waals surface area contributed by atoms with Gasteiger partial charge in [0.05, 0.1) is 12.5 Å². The first-order chi connectivity index (χ1) is 12.4. The van der Waals surface area contributed by atoms with Crippen LogP contribution in [0.3, 0.4) is 0 Å². The molecule has 1 fully saturated rings. The molecule has 5 nitrogen and oxygen atoms in total. The second kappa shape index (κ2) is 8.86. The molecule has 26 heavy (non-hydrogen) atoms. The summed E-state index contributed by atoms with van der Waals surface area (Å²) >= 11 is 0. The first-order valence-electron chi connectivity index (χ1n) is 8.33. The van der Waals surface area contributed by atoms with Gasteiger partial charge < -0.3 is 15.0 Å². The van der Waals surface area contributed by atoms with Gasteiger partial charge >= 0.3 is 5.97 Å². The molecule has 1 aliphatic heterocycles. The molecule has 0 spiro atoms. The maximum Gasteiger partial charge on any atom is 0.310 e. The largest absolute Gasteiger partial charge is 0.466 e. The molecule has 1 heterocycles. The number of carbonyl (C=O) groups is 1. The zero-order valence-electron chi connectivity index (χ0n) is 14.6. The number of hydrogen-bond acceptors (Lipinski definition) is 3. The van der Waals surface area contributed by atoms with Gasteiger partial charge in [0.25, 0.3) is 0 Å². The molecule has 1 N–H and O–H groups in total. The van der Waals surface area contributed by atoms with Crippen molar-refractivity contribution in [1.82, 2.24) is 10.2 Å². The summed E-state index contributed by atoms with van der Waals surface area (Å²) in [6, 6.07) is 0.164. The Morgan fingerprint density at radius 2 is 1.96 bits per heavy atom. The molecular weight excluding hydrogens is 354 g/mol. The second-order valence-corrected chi connectivity index (χ2v) is 5.88. The van der Waals surface area contributed by atoms with Crippen LogP contribution in [-0.4, -0.2) is 43.6 Å². The maximum absolute atomic E-state index is 13.8. The van der Waals surface area contributed by atoms with Gasteiger partial charge in [-0.2, -0.15) is 0 Å². The quantitative estimate of drug-likeness (QED) is 0.289. The second-order valence-electron chi connectivity index (χ2n) is 5.88. The third-order valence-electron chi connectivity index (χ3n) is 4.18. The van der Waals surface area contributed by atoms with E-state index in [2.05, 4.69) is 10.3 Å². The van der Waals surface area contributed by atoms with Crippen molar-refractivity contribution in [2.24, 2.45) is 10.9 Å². The van der Waals surface area contributed by atoms with E-state index in [1.165, 1.54) is 7.05 Å². The van der Waals surface area contributed by atoms with Crippen LogP contribution in [0.1, 0.15) is 25.3 Å². The predicted octanol–water partition coefficient (Wildman–Crippen LogP) is 2.59. The molecule has 1 saturated heterocycles. The van der Waals surface area contributed by atoms with Crippen molar-refractivity contribution in [3.8, 4) is 0 Å². The van der Waals surface area contributed by atoms with E-state index in [-0.39, 0.29) is 30.5 Å². The molecule has 0 aliphatic carbocycles. The van der Waals surface area contributed by atoms with Crippen LogP contribution in [0, 0.1) is 29.2 Å². The molecule has 0 radical (unpaired) electrons. The van der Waals surface area contributed by atoms with Crippen LogP contribution < -0.4 is 5.32 Å². The molecule has 1 aromatic rings. The standard InChI is InChI=1S/C17H21F4N3O2/c1-3-26-16(25)10-5-4-6-24(9-10)17(22-2)23-8-11-14(20)12(18)7-13(19)15(11)21/h7,10H,3-6,8-9H2,1-2H3,(H,22,23)/t10-/m0/s1. The van der Waals surface area contributed by atoms with Crippen LogP contribution in [0.2, 0.25) is 0 Å². The van der Waals surface area contributed by atoms with Gasteiger partial charge in [-0.25, -0.2) is 17.6 Å². The molecule has 0 unspecified atom stereocenters. The number of nitrogens with one attached hydrogen (secondary N) is 1. The minimum absolute atomic E-state index is 0.164. The van der Waals surface area contributed by atoms with Crippen LogP contribution in [0.4, 0.5) is 17.6 Å². The number of aliphatic imine (C=N–C) groups is 1. The molecule has 0 bridgehead atoms. The van der Waals surface area contributed by atoms with E-state index in [0.29, 0.717) is 25.9 Å². The minimum atomic E-state index is -1.46. The molecule has 1 atom stereocenters. The van der Waals surface area contributed by atoms with Crippen molar-refractivity contribution in [3.05, 3.63) is 34.9 Å². The Kier molecular flexibility index (Phi) is 6.82. The number of hydrogen-bond donors (Lipinski definition) is 1. The van der Waals surface area contributed by atoms with Gasteiger partial charge in [0.15, 0.2) is 29.2 Å². The lowest BCUT2D eigenvalue weighted by molar-refractivity contribution is -0.149. The Hall–Kier alpha value is -2.32. The third-order valence-corrected chi connectivity index (χ3v) is 4.18. The summed E-state index contributed by atoms with van der Waals surface area (Å²) in [7, 11) is 1.47. The summed E-state index contributed by atoms with van der Waals surface area (Å²) in [5.74, 6) is -6.18. The number of nitrogens with zero attached hydrogens (tertiary/aromatic N) is 2. The van der Waals surface area contributed by atoms with E-state index in [1.54, 1.807) is 11.8 Å². The van der Waals surface area contributed by atoms with E-state index in [0.717, 1.165) is 0 Å². The lowest BCUT2D eigenvalue weighted by Crippen LogP contribution is -2.48. The van der Waals surface area contributed by atoms with Gasteiger partial charge in [0, 0.05) is 38.3 Å². The molecule has 1 aliphatic rings. The van der Waals surface area contributed by atoms with Crippen LogP contribution in [0.15, 0.2) is 11.1 Å². The number of likely N-dealkylation sites (tertiary alicyclic amines) is 1. The fourth-order valence-corrected chi connectivity index (χ4v) is 2.90.